The zero-order valence-electron chi connectivity index (χ0n) is 12.1. The van der Waals surface area contributed by atoms with Gasteiger partial charge in [-0.1, -0.05) is 26.2 Å². The maximum absolute atomic E-state index is 10.9. The van der Waals surface area contributed by atoms with Gasteiger partial charge in [0.15, 0.2) is 0 Å². The van der Waals surface area contributed by atoms with Gasteiger partial charge in [0.25, 0.3) is 5.69 Å². The number of anilines is 2. The van der Waals surface area contributed by atoms with Gasteiger partial charge in [0, 0.05) is 13.1 Å². The summed E-state index contributed by atoms with van der Waals surface area (Å²) < 4.78 is 0. The van der Waals surface area contributed by atoms with Crippen LogP contribution in [0.25, 0.3) is 0 Å². The first-order valence-corrected chi connectivity index (χ1v) is 7.23. The van der Waals surface area contributed by atoms with Crippen molar-refractivity contribution >= 4 is 17.3 Å². The Morgan fingerprint density at radius 2 is 2.15 bits per heavy atom. The highest BCUT2D eigenvalue weighted by molar-refractivity contribution is 5.54. The molecular weight excluding hydrogens is 256 g/mol. The van der Waals surface area contributed by atoms with Gasteiger partial charge in [-0.05, 0) is 18.8 Å². The number of nitrogens with zero attached hydrogens (tertiary/aromatic N) is 2. The van der Waals surface area contributed by atoms with Crippen LogP contribution in [0.15, 0.2) is 12.1 Å². The molecule has 0 radical (unpaired) electrons. The average Bonchev–Trinajstić information content (AvgIpc) is 2.47. The molecule has 20 heavy (non-hydrogen) atoms. The van der Waals surface area contributed by atoms with Gasteiger partial charge in [-0.2, -0.15) is 0 Å². The van der Waals surface area contributed by atoms with Crippen molar-refractivity contribution in [2.75, 3.05) is 17.7 Å². The van der Waals surface area contributed by atoms with E-state index in [0.717, 1.165) is 18.8 Å². The summed E-state index contributed by atoms with van der Waals surface area (Å²) in [4.78, 5) is 14.9. The second-order valence-electron chi connectivity index (χ2n) is 5.39. The molecule has 1 aromatic heterocycles. The molecule has 1 saturated carbocycles. The van der Waals surface area contributed by atoms with E-state index in [1.54, 1.807) is 7.05 Å². The second kappa shape index (κ2) is 6.54. The van der Waals surface area contributed by atoms with Gasteiger partial charge in [0.1, 0.15) is 11.6 Å². The molecule has 1 aliphatic rings. The first-order chi connectivity index (χ1) is 9.62. The minimum atomic E-state index is -0.385. The van der Waals surface area contributed by atoms with Crippen LogP contribution in [0.4, 0.5) is 17.3 Å². The molecule has 2 N–H and O–H groups in total. The molecule has 2 atom stereocenters. The fraction of sp³-hybridized carbons (Fsp3) is 0.643. The Hall–Kier alpha value is -1.85. The van der Waals surface area contributed by atoms with Crippen molar-refractivity contribution in [2.45, 2.75) is 45.1 Å². The van der Waals surface area contributed by atoms with E-state index in [9.17, 15) is 10.1 Å². The molecule has 2 rings (SSSR count). The van der Waals surface area contributed by atoms with Gasteiger partial charge >= 0.3 is 0 Å². The minimum absolute atomic E-state index is 0.0645. The quantitative estimate of drug-likeness (QED) is 0.637. The normalized spacial score (nSPS) is 22.3. The summed E-state index contributed by atoms with van der Waals surface area (Å²) in [6.45, 7) is 2.22. The van der Waals surface area contributed by atoms with Crippen LogP contribution in [0.1, 0.15) is 39.0 Å². The molecule has 0 aliphatic heterocycles. The number of nitrogens with one attached hydrogen (secondary N) is 2. The number of aromatic nitrogens is 1. The number of nitro groups is 1. The lowest BCUT2D eigenvalue weighted by molar-refractivity contribution is -0.384. The Labute approximate surface area is 119 Å². The first kappa shape index (κ1) is 14.6. The molecule has 1 heterocycles. The predicted octanol–water partition coefficient (Wildman–Crippen LogP) is 3.41. The molecule has 1 aliphatic carbocycles. The van der Waals surface area contributed by atoms with E-state index >= 15 is 0 Å². The lowest BCUT2D eigenvalue weighted by atomic mass is 9.84. The largest absolute Gasteiger partial charge is 0.373 e. The van der Waals surface area contributed by atoms with E-state index in [2.05, 4.69) is 22.5 Å². The molecule has 1 fully saturated rings. The van der Waals surface area contributed by atoms with Gasteiger partial charge in [-0.25, -0.2) is 4.98 Å². The lowest BCUT2D eigenvalue weighted by Crippen LogP contribution is -2.27. The lowest BCUT2D eigenvalue weighted by Gasteiger charge is -2.29. The van der Waals surface area contributed by atoms with E-state index in [1.165, 1.54) is 31.4 Å². The summed E-state index contributed by atoms with van der Waals surface area (Å²) >= 11 is 0. The third kappa shape index (κ3) is 3.59. The summed E-state index contributed by atoms with van der Waals surface area (Å²) in [7, 11) is 1.71. The zero-order valence-corrected chi connectivity index (χ0v) is 12.1. The van der Waals surface area contributed by atoms with Crippen LogP contribution >= 0.6 is 0 Å². The van der Waals surface area contributed by atoms with Crippen LogP contribution in [0, 0.1) is 16.0 Å². The molecule has 6 nitrogen and oxygen atoms in total. The number of hydrogen-bond acceptors (Lipinski definition) is 5. The van der Waals surface area contributed by atoms with Crippen LogP contribution in [-0.2, 0) is 0 Å². The fourth-order valence-electron chi connectivity index (χ4n) is 2.83. The van der Waals surface area contributed by atoms with E-state index in [0.29, 0.717) is 17.7 Å². The molecule has 0 aromatic carbocycles. The molecule has 0 bridgehead atoms. The number of pyridine rings is 1. The summed E-state index contributed by atoms with van der Waals surface area (Å²) in [6.07, 6.45) is 5.93. The second-order valence-corrected chi connectivity index (χ2v) is 5.39. The van der Waals surface area contributed by atoms with Crippen LogP contribution < -0.4 is 10.6 Å². The molecule has 0 spiro atoms. The smallest absolute Gasteiger partial charge is 0.276 e. The summed E-state index contributed by atoms with van der Waals surface area (Å²) in [5, 5.41) is 17.2. The molecule has 110 valence electrons. The van der Waals surface area contributed by atoms with Crippen LogP contribution in [0.2, 0.25) is 0 Å². The zero-order chi connectivity index (χ0) is 14.5. The van der Waals surface area contributed by atoms with E-state index < -0.39 is 0 Å². The minimum Gasteiger partial charge on any atom is -0.373 e. The molecule has 0 amide bonds. The topological polar surface area (TPSA) is 80.1 Å². The van der Waals surface area contributed by atoms with Crippen LogP contribution in [-0.4, -0.2) is 23.0 Å². The number of rotatable bonds is 5. The van der Waals surface area contributed by atoms with Crippen molar-refractivity contribution in [3.8, 4) is 0 Å². The predicted molar refractivity (Wildman–Crippen MR) is 80.1 cm³/mol. The molecule has 6 heteroatoms. The Kier molecular flexibility index (Phi) is 4.76. The van der Waals surface area contributed by atoms with E-state index in [1.807, 2.05) is 0 Å². The van der Waals surface area contributed by atoms with Crippen molar-refractivity contribution < 1.29 is 4.92 Å². The third-order valence-corrected chi connectivity index (χ3v) is 3.99. The SMILES string of the molecule is CCC1CCCC(Nc2cc([N+](=O)[O-])cc(NC)n2)C1. The van der Waals surface area contributed by atoms with Crippen molar-refractivity contribution in [2.24, 2.45) is 5.92 Å². The molecular formula is C14H22N4O2. The Bertz CT molecular complexity index is 478. The van der Waals surface area contributed by atoms with Gasteiger partial charge in [-0.3, -0.25) is 10.1 Å². The maximum atomic E-state index is 10.9. The van der Waals surface area contributed by atoms with Gasteiger partial charge in [0.2, 0.25) is 0 Å². The van der Waals surface area contributed by atoms with E-state index in [-0.39, 0.29) is 10.6 Å². The van der Waals surface area contributed by atoms with Crippen molar-refractivity contribution in [3.63, 3.8) is 0 Å². The average molecular weight is 278 g/mol. The Morgan fingerprint density at radius 1 is 1.40 bits per heavy atom. The van der Waals surface area contributed by atoms with Crippen LogP contribution in [0.5, 0.6) is 0 Å². The summed E-state index contributed by atoms with van der Waals surface area (Å²) in [5.74, 6) is 1.86. The maximum Gasteiger partial charge on any atom is 0.276 e. The third-order valence-electron chi connectivity index (χ3n) is 3.99. The standard InChI is InChI=1S/C14H22N4O2/c1-3-10-5-4-6-11(7-10)16-14-9-12(18(19)20)8-13(15-2)17-14/h8-11H,3-7H2,1-2H3,(H2,15,16,17). The Balaban J connectivity index is 2.11. The fourth-order valence-corrected chi connectivity index (χ4v) is 2.83. The van der Waals surface area contributed by atoms with Gasteiger partial charge in [0.05, 0.1) is 17.1 Å². The molecule has 1 aromatic rings. The molecule has 0 saturated heterocycles. The van der Waals surface area contributed by atoms with Gasteiger partial charge < -0.3 is 10.6 Å². The highest BCUT2D eigenvalue weighted by atomic mass is 16.6. The van der Waals surface area contributed by atoms with Gasteiger partial charge in [-0.15, -0.1) is 0 Å². The summed E-state index contributed by atoms with van der Waals surface area (Å²) in [6, 6.07) is 3.32. The summed E-state index contributed by atoms with van der Waals surface area (Å²) in [5.41, 5.74) is 0.0645. The van der Waals surface area contributed by atoms with Crippen molar-refractivity contribution in [1.82, 2.24) is 4.98 Å². The number of hydrogen-bond donors (Lipinski definition) is 2. The first-order valence-electron chi connectivity index (χ1n) is 7.23. The van der Waals surface area contributed by atoms with Crippen molar-refractivity contribution in [3.05, 3.63) is 22.2 Å². The van der Waals surface area contributed by atoms with Crippen molar-refractivity contribution in [1.29, 1.82) is 0 Å². The molecule has 2 unspecified atom stereocenters. The van der Waals surface area contributed by atoms with E-state index in [4.69, 9.17) is 0 Å². The highest BCUT2D eigenvalue weighted by Gasteiger charge is 2.21. The highest BCUT2D eigenvalue weighted by Crippen LogP contribution is 2.29. The monoisotopic (exact) mass is 278 g/mol. The Morgan fingerprint density at radius 3 is 2.80 bits per heavy atom. The van der Waals surface area contributed by atoms with Crippen LogP contribution in [0.3, 0.4) is 0 Å².